The van der Waals surface area contributed by atoms with E-state index in [0.717, 1.165) is 6.07 Å². The van der Waals surface area contributed by atoms with Gasteiger partial charge in [0.15, 0.2) is 0 Å². The monoisotopic (exact) mass is 279 g/mol. The maximum absolute atomic E-state index is 13.1. The van der Waals surface area contributed by atoms with Crippen molar-refractivity contribution < 1.29 is 22.3 Å². The highest BCUT2D eigenvalue weighted by molar-refractivity contribution is 5.36. The van der Waals surface area contributed by atoms with E-state index in [1.54, 1.807) is 0 Å². The number of hydrogen-bond acceptors (Lipinski definition) is 2. The van der Waals surface area contributed by atoms with Crippen LogP contribution in [0.1, 0.15) is 31.9 Å². The van der Waals surface area contributed by atoms with E-state index in [1.807, 2.05) is 13.8 Å². The van der Waals surface area contributed by atoms with Gasteiger partial charge in [-0.15, -0.1) is 0 Å². The Bertz CT molecular complexity index is 406. The number of alkyl halides is 3. The summed E-state index contributed by atoms with van der Waals surface area (Å²) in [5.41, 5.74) is 0.644. The quantitative estimate of drug-likeness (QED) is 0.799. The average molecular weight is 279 g/mol. The molecule has 108 valence electrons. The summed E-state index contributed by atoms with van der Waals surface area (Å²) < 4.78 is 54.3. The van der Waals surface area contributed by atoms with Gasteiger partial charge in [0.05, 0.1) is 13.0 Å². The highest BCUT2D eigenvalue weighted by Gasteiger charge is 2.27. The molecule has 6 heteroatoms. The standard InChI is InChI=1S/C13H17F4NO/c1-3-18-9(2)11-5-4-10(14)8-12(11)19-7-6-13(15,16)17/h4-5,8-9,18H,3,6-7H2,1-2H3. The van der Waals surface area contributed by atoms with Crippen LogP contribution in [0.5, 0.6) is 5.75 Å². The molecule has 0 aromatic heterocycles. The SMILES string of the molecule is CCNC(C)c1ccc(F)cc1OCCC(F)(F)F. The summed E-state index contributed by atoms with van der Waals surface area (Å²) in [5.74, 6) is -0.382. The van der Waals surface area contributed by atoms with Gasteiger partial charge < -0.3 is 10.1 Å². The van der Waals surface area contributed by atoms with Crippen molar-refractivity contribution in [2.75, 3.05) is 13.2 Å². The first-order chi connectivity index (χ1) is 8.83. The molecule has 1 N–H and O–H groups in total. The van der Waals surface area contributed by atoms with E-state index < -0.39 is 25.0 Å². The molecule has 0 spiro atoms. The summed E-state index contributed by atoms with van der Waals surface area (Å²) in [6.07, 6.45) is -5.33. The van der Waals surface area contributed by atoms with Crippen LogP contribution in [0, 0.1) is 5.82 Å². The first-order valence-corrected chi connectivity index (χ1v) is 6.06. The summed E-state index contributed by atoms with van der Waals surface area (Å²) in [5, 5.41) is 3.10. The van der Waals surface area contributed by atoms with E-state index >= 15 is 0 Å². The molecule has 1 unspecified atom stereocenters. The van der Waals surface area contributed by atoms with Crippen molar-refractivity contribution in [3.05, 3.63) is 29.6 Å². The Morgan fingerprint density at radius 1 is 1.32 bits per heavy atom. The molecule has 0 bridgehead atoms. The Balaban J connectivity index is 2.77. The Morgan fingerprint density at radius 2 is 2.00 bits per heavy atom. The Morgan fingerprint density at radius 3 is 2.58 bits per heavy atom. The van der Waals surface area contributed by atoms with Crippen LogP contribution in [0.15, 0.2) is 18.2 Å². The minimum absolute atomic E-state index is 0.119. The molecule has 0 aliphatic heterocycles. The lowest BCUT2D eigenvalue weighted by Gasteiger charge is -2.18. The van der Waals surface area contributed by atoms with Gasteiger partial charge in [0.2, 0.25) is 0 Å². The summed E-state index contributed by atoms with van der Waals surface area (Å²) in [7, 11) is 0. The molecule has 0 heterocycles. The summed E-state index contributed by atoms with van der Waals surface area (Å²) >= 11 is 0. The van der Waals surface area contributed by atoms with E-state index in [2.05, 4.69) is 5.32 Å². The lowest BCUT2D eigenvalue weighted by atomic mass is 10.1. The van der Waals surface area contributed by atoms with Crippen LogP contribution in [0.4, 0.5) is 17.6 Å². The van der Waals surface area contributed by atoms with Gasteiger partial charge >= 0.3 is 6.18 Å². The van der Waals surface area contributed by atoms with Crippen LogP contribution in [0.2, 0.25) is 0 Å². The molecule has 1 aromatic carbocycles. The van der Waals surface area contributed by atoms with E-state index in [0.29, 0.717) is 12.1 Å². The molecular weight excluding hydrogens is 262 g/mol. The fourth-order valence-corrected chi connectivity index (χ4v) is 1.68. The predicted molar refractivity (Wildman–Crippen MR) is 64.7 cm³/mol. The van der Waals surface area contributed by atoms with Gasteiger partial charge in [-0.05, 0) is 19.5 Å². The maximum atomic E-state index is 13.1. The third kappa shape index (κ3) is 5.46. The van der Waals surface area contributed by atoms with Gasteiger partial charge in [0.1, 0.15) is 11.6 Å². The third-order valence-electron chi connectivity index (χ3n) is 2.60. The molecule has 1 rings (SSSR count). The Kier molecular flexibility index (Phi) is 5.60. The molecule has 0 saturated heterocycles. The molecule has 0 fully saturated rings. The molecule has 0 aliphatic carbocycles. The van der Waals surface area contributed by atoms with Crippen LogP contribution in [-0.4, -0.2) is 19.3 Å². The van der Waals surface area contributed by atoms with E-state index in [-0.39, 0.29) is 11.8 Å². The second-order valence-corrected chi connectivity index (χ2v) is 4.18. The predicted octanol–water partition coefficient (Wildman–Crippen LogP) is 3.83. The van der Waals surface area contributed by atoms with E-state index in [1.165, 1.54) is 12.1 Å². The number of ether oxygens (including phenoxy) is 1. The highest BCUT2D eigenvalue weighted by atomic mass is 19.4. The van der Waals surface area contributed by atoms with Crippen molar-refractivity contribution in [3.63, 3.8) is 0 Å². The molecule has 2 nitrogen and oxygen atoms in total. The van der Waals surface area contributed by atoms with E-state index in [9.17, 15) is 17.6 Å². The van der Waals surface area contributed by atoms with Gasteiger partial charge in [-0.2, -0.15) is 13.2 Å². The number of hydrogen-bond donors (Lipinski definition) is 1. The molecule has 19 heavy (non-hydrogen) atoms. The van der Waals surface area contributed by atoms with Crippen LogP contribution in [0.3, 0.4) is 0 Å². The van der Waals surface area contributed by atoms with Gasteiger partial charge in [0.25, 0.3) is 0 Å². The third-order valence-corrected chi connectivity index (χ3v) is 2.60. The van der Waals surface area contributed by atoms with Crippen molar-refractivity contribution in [1.82, 2.24) is 5.32 Å². The van der Waals surface area contributed by atoms with Gasteiger partial charge in [0, 0.05) is 17.7 Å². The lowest BCUT2D eigenvalue weighted by Crippen LogP contribution is -2.19. The zero-order valence-corrected chi connectivity index (χ0v) is 10.9. The first kappa shape index (κ1) is 15.8. The van der Waals surface area contributed by atoms with Crippen molar-refractivity contribution in [2.45, 2.75) is 32.5 Å². The van der Waals surface area contributed by atoms with Crippen LogP contribution < -0.4 is 10.1 Å². The van der Waals surface area contributed by atoms with Crippen molar-refractivity contribution in [2.24, 2.45) is 0 Å². The van der Waals surface area contributed by atoms with Gasteiger partial charge in [-0.1, -0.05) is 13.0 Å². The van der Waals surface area contributed by atoms with Crippen LogP contribution in [-0.2, 0) is 0 Å². The van der Waals surface area contributed by atoms with Crippen molar-refractivity contribution in [3.8, 4) is 5.75 Å². The number of halogens is 4. The lowest BCUT2D eigenvalue weighted by molar-refractivity contribution is -0.139. The first-order valence-electron chi connectivity index (χ1n) is 6.06. The zero-order valence-electron chi connectivity index (χ0n) is 10.9. The normalized spacial score (nSPS) is 13.4. The minimum atomic E-state index is -4.28. The highest BCUT2D eigenvalue weighted by Crippen LogP contribution is 2.27. The summed E-state index contributed by atoms with van der Waals surface area (Å²) in [4.78, 5) is 0. The summed E-state index contributed by atoms with van der Waals surface area (Å²) in [6, 6.07) is 3.77. The van der Waals surface area contributed by atoms with Gasteiger partial charge in [-0.3, -0.25) is 0 Å². The molecule has 0 saturated carbocycles. The molecule has 1 aromatic rings. The Hall–Kier alpha value is -1.30. The average Bonchev–Trinajstić information content (AvgIpc) is 2.27. The van der Waals surface area contributed by atoms with E-state index in [4.69, 9.17) is 4.74 Å². The van der Waals surface area contributed by atoms with Crippen LogP contribution >= 0.6 is 0 Å². The molecule has 0 aliphatic rings. The second kappa shape index (κ2) is 6.75. The minimum Gasteiger partial charge on any atom is -0.493 e. The van der Waals surface area contributed by atoms with Gasteiger partial charge in [-0.25, -0.2) is 4.39 Å². The Labute approximate surface area is 109 Å². The van der Waals surface area contributed by atoms with Crippen LogP contribution in [0.25, 0.3) is 0 Å². The smallest absolute Gasteiger partial charge is 0.392 e. The summed E-state index contributed by atoms with van der Waals surface area (Å²) in [6.45, 7) is 3.93. The van der Waals surface area contributed by atoms with Crippen molar-refractivity contribution in [1.29, 1.82) is 0 Å². The fraction of sp³-hybridized carbons (Fsp3) is 0.538. The topological polar surface area (TPSA) is 21.3 Å². The zero-order chi connectivity index (χ0) is 14.5. The largest absolute Gasteiger partial charge is 0.493 e. The fourth-order valence-electron chi connectivity index (χ4n) is 1.68. The molecule has 1 atom stereocenters. The maximum Gasteiger partial charge on any atom is 0.392 e. The number of rotatable bonds is 6. The van der Waals surface area contributed by atoms with Crippen molar-refractivity contribution >= 4 is 0 Å². The number of nitrogens with one attached hydrogen (secondary N) is 1. The number of benzene rings is 1. The second-order valence-electron chi connectivity index (χ2n) is 4.18. The molecule has 0 amide bonds. The molecule has 0 radical (unpaired) electrons. The molecular formula is C13H17F4NO.